The molecule has 0 aliphatic carbocycles. The zero-order valence-electron chi connectivity index (χ0n) is 9.90. The maximum atomic E-state index is 11.3. The van der Waals surface area contributed by atoms with Crippen LogP contribution >= 0.6 is 0 Å². The van der Waals surface area contributed by atoms with Crippen LogP contribution in [0.4, 0.5) is 0 Å². The number of carbonyl (C=O) groups excluding carboxylic acids is 1. The zero-order valence-corrected chi connectivity index (χ0v) is 9.90. The van der Waals surface area contributed by atoms with Crippen molar-refractivity contribution in [1.82, 2.24) is 9.55 Å². The van der Waals surface area contributed by atoms with E-state index in [9.17, 15) is 19.8 Å². The summed E-state index contributed by atoms with van der Waals surface area (Å²) in [5.41, 5.74) is 0.00616. The van der Waals surface area contributed by atoms with Crippen LogP contribution in [-0.4, -0.2) is 50.0 Å². The first-order valence-corrected chi connectivity index (χ1v) is 5.06. The molecule has 1 heterocycles. The molecule has 0 aromatic carbocycles. The number of nitrogens with zero attached hydrogens (tertiary/aromatic N) is 2. The van der Waals surface area contributed by atoms with E-state index in [-0.39, 0.29) is 11.5 Å². The van der Waals surface area contributed by atoms with Gasteiger partial charge in [-0.15, -0.1) is 0 Å². The van der Waals surface area contributed by atoms with Crippen molar-refractivity contribution in [3.05, 3.63) is 17.7 Å². The Morgan fingerprint density at radius 1 is 1.50 bits per heavy atom. The molecule has 0 aliphatic heterocycles. The van der Waals surface area contributed by atoms with Gasteiger partial charge in [-0.05, 0) is 0 Å². The van der Waals surface area contributed by atoms with Crippen LogP contribution < -0.4 is 0 Å². The van der Waals surface area contributed by atoms with E-state index in [1.807, 2.05) is 0 Å². The van der Waals surface area contributed by atoms with E-state index in [2.05, 4.69) is 9.72 Å². The fraction of sp³-hybridized carbons (Fsp3) is 0.500. The summed E-state index contributed by atoms with van der Waals surface area (Å²) in [6, 6.07) is 0. The number of esters is 1. The minimum absolute atomic E-state index is 0.00616. The number of aryl methyl sites for hydroxylation is 1. The van der Waals surface area contributed by atoms with E-state index in [0.717, 1.165) is 0 Å². The Morgan fingerprint density at radius 3 is 2.61 bits per heavy atom. The molecule has 0 bridgehead atoms. The lowest BCUT2D eigenvalue weighted by atomic mass is 10.1. The lowest BCUT2D eigenvalue weighted by Crippen LogP contribution is -2.22. The number of imidazole rings is 1. The number of ether oxygens (including phenoxy) is 1. The first-order chi connectivity index (χ1) is 8.36. The second kappa shape index (κ2) is 5.61. The van der Waals surface area contributed by atoms with Gasteiger partial charge in [0.05, 0.1) is 25.3 Å². The summed E-state index contributed by atoms with van der Waals surface area (Å²) in [7, 11) is 2.70. The average Bonchev–Trinajstić information content (AvgIpc) is 2.68. The summed E-state index contributed by atoms with van der Waals surface area (Å²) in [4.78, 5) is 25.5. The number of carbonyl (C=O) groups is 2. The second-order valence-corrected chi connectivity index (χ2v) is 3.70. The van der Waals surface area contributed by atoms with Gasteiger partial charge in [0.1, 0.15) is 6.10 Å². The topological polar surface area (TPSA) is 122 Å². The SMILES string of the molecule is COC(=O)c1nc(C(O)C(O)CC(=O)O)cn1C. The summed E-state index contributed by atoms with van der Waals surface area (Å²) in [6.45, 7) is 0. The lowest BCUT2D eigenvalue weighted by Gasteiger charge is -2.13. The van der Waals surface area contributed by atoms with Gasteiger partial charge in [0.25, 0.3) is 0 Å². The molecule has 1 aromatic rings. The molecule has 2 atom stereocenters. The molecule has 8 heteroatoms. The van der Waals surface area contributed by atoms with Crippen molar-refractivity contribution in [1.29, 1.82) is 0 Å². The molecule has 0 fully saturated rings. The van der Waals surface area contributed by atoms with Crippen LogP contribution in [0.25, 0.3) is 0 Å². The molecule has 0 saturated heterocycles. The number of hydrogen-bond donors (Lipinski definition) is 3. The molecule has 18 heavy (non-hydrogen) atoms. The fourth-order valence-corrected chi connectivity index (χ4v) is 1.40. The predicted octanol–water partition coefficient (Wildman–Crippen LogP) is -0.924. The highest BCUT2D eigenvalue weighted by Gasteiger charge is 2.25. The average molecular weight is 258 g/mol. The predicted molar refractivity (Wildman–Crippen MR) is 57.8 cm³/mol. The number of aliphatic hydroxyl groups is 2. The van der Waals surface area contributed by atoms with Gasteiger partial charge < -0.3 is 24.6 Å². The molecule has 2 unspecified atom stereocenters. The van der Waals surface area contributed by atoms with E-state index < -0.39 is 30.6 Å². The maximum absolute atomic E-state index is 11.3. The van der Waals surface area contributed by atoms with Crippen molar-refractivity contribution >= 4 is 11.9 Å². The number of aliphatic hydroxyl groups excluding tert-OH is 2. The fourth-order valence-electron chi connectivity index (χ4n) is 1.40. The Bertz CT molecular complexity index is 455. The van der Waals surface area contributed by atoms with Crippen LogP contribution in [0.15, 0.2) is 6.20 Å². The molecule has 8 nitrogen and oxygen atoms in total. The standard InChI is InChI=1S/C10H14N2O6/c1-12-4-5(11-9(12)10(17)18-2)8(16)6(13)3-7(14)15/h4,6,8,13,16H,3H2,1-2H3,(H,14,15). The van der Waals surface area contributed by atoms with Crippen LogP contribution in [0.3, 0.4) is 0 Å². The Labute approximate surface area is 102 Å². The van der Waals surface area contributed by atoms with Crippen molar-refractivity contribution in [2.75, 3.05) is 7.11 Å². The lowest BCUT2D eigenvalue weighted by molar-refractivity contribution is -0.141. The molecule has 3 N–H and O–H groups in total. The van der Waals surface area contributed by atoms with Gasteiger partial charge in [-0.1, -0.05) is 0 Å². The van der Waals surface area contributed by atoms with Crippen molar-refractivity contribution in [2.24, 2.45) is 7.05 Å². The summed E-state index contributed by atoms with van der Waals surface area (Å²) in [5, 5.41) is 27.6. The normalized spacial score (nSPS) is 14.0. The zero-order chi connectivity index (χ0) is 13.9. The number of methoxy groups -OCH3 is 1. The molecule has 1 rings (SSSR count). The Balaban J connectivity index is 2.90. The first kappa shape index (κ1) is 14.1. The molecule has 0 spiro atoms. The van der Waals surface area contributed by atoms with Gasteiger partial charge in [-0.3, -0.25) is 4.79 Å². The summed E-state index contributed by atoms with van der Waals surface area (Å²) in [6.07, 6.45) is -2.28. The number of aliphatic carboxylic acids is 1. The number of hydrogen-bond acceptors (Lipinski definition) is 6. The van der Waals surface area contributed by atoms with Gasteiger partial charge in [-0.25, -0.2) is 9.78 Å². The number of aromatic nitrogens is 2. The van der Waals surface area contributed by atoms with E-state index >= 15 is 0 Å². The van der Waals surface area contributed by atoms with Gasteiger partial charge in [0.2, 0.25) is 5.82 Å². The van der Waals surface area contributed by atoms with E-state index in [4.69, 9.17) is 5.11 Å². The van der Waals surface area contributed by atoms with Gasteiger partial charge >= 0.3 is 11.9 Å². The number of carboxylic acid groups (broad SMARTS) is 1. The highest BCUT2D eigenvalue weighted by atomic mass is 16.5. The molecule has 0 radical (unpaired) electrons. The van der Waals surface area contributed by atoms with E-state index in [0.29, 0.717) is 0 Å². The van der Waals surface area contributed by atoms with Crippen LogP contribution in [0.2, 0.25) is 0 Å². The Hall–Kier alpha value is -1.93. The monoisotopic (exact) mass is 258 g/mol. The molecule has 0 saturated carbocycles. The largest absolute Gasteiger partial charge is 0.481 e. The van der Waals surface area contributed by atoms with Gasteiger partial charge in [0, 0.05) is 13.2 Å². The molecular weight excluding hydrogens is 244 g/mol. The number of rotatable bonds is 5. The third-order valence-electron chi connectivity index (χ3n) is 2.31. The second-order valence-electron chi connectivity index (χ2n) is 3.70. The quantitative estimate of drug-likeness (QED) is 0.583. The molecule has 1 aromatic heterocycles. The van der Waals surface area contributed by atoms with E-state index in [1.165, 1.54) is 24.9 Å². The summed E-state index contributed by atoms with van der Waals surface area (Å²) >= 11 is 0. The van der Waals surface area contributed by atoms with Crippen molar-refractivity contribution in [3.8, 4) is 0 Å². The van der Waals surface area contributed by atoms with Crippen LogP contribution in [0.1, 0.15) is 28.8 Å². The van der Waals surface area contributed by atoms with Crippen LogP contribution in [0, 0.1) is 0 Å². The highest BCUT2D eigenvalue weighted by molar-refractivity contribution is 5.85. The summed E-state index contributed by atoms with van der Waals surface area (Å²) in [5.74, 6) is -1.98. The molecule has 0 aliphatic rings. The molecule has 100 valence electrons. The minimum atomic E-state index is -1.50. The minimum Gasteiger partial charge on any atom is -0.481 e. The van der Waals surface area contributed by atoms with Crippen LogP contribution in [0.5, 0.6) is 0 Å². The third-order valence-corrected chi connectivity index (χ3v) is 2.31. The van der Waals surface area contributed by atoms with Gasteiger partial charge in [-0.2, -0.15) is 0 Å². The molecule has 0 amide bonds. The summed E-state index contributed by atoms with van der Waals surface area (Å²) < 4.78 is 5.79. The first-order valence-electron chi connectivity index (χ1n) is 5.06. The number of carboxylic acids is 1. The molecular formula is C10H14N2O6. The van der Waals surface area contributed by atoms with Crippen molar-refractivity contribution in [2.45, 2.75) is 18.6 Å². The highest BCUT2D eigenvalue weighted by Crippen LogP contribution is 2.18. The van der Waals surface area contributed by atoms with Crippen molar-refractivity contribution < 1.29 is 29.6 Å². The maximum Gasteiger partial charge on any atom is 0.374 e. The van der Waals surface area contributed by atoms with Gasteiger partial charge in [0.15, 0.2) is 0 Å². The van der Waals surface area contributed by atoms with E-state index in [1.54, 1.807) is 0 Å². The Kier molecular flexibility index (Phi) is 4.40. The smallest absolute Gasteiger partial charge is 0.374 e. The van der Waals surface area contributed by atoms with Crippen molar-refractivity contribution in [3.63, 3.8) is 0 Å². The Morgan fingerprint density at radius 2 is 2.11 bits per heavy atom. The third kappa shape index (κ3) is 3.05. The van der Waals surface area contributed by atoms with Crippen LogP contribution in [-0.2, 0) is 16.6 Å².